The van der Waals surface area contributed by atoms with E-state index in [0.717, 1.165) is 49.2 Å². The molecule has 7 heteroatoms. The normalized spacial score (nSPS) is 17.5. The second kappa shape index (κ2) is 10.9. The van der Waals surface area contributed by atoms with Gasteiger partial charge in [0.05, 0.1) is 11.1 Å². The molecule has 0 aliphatic carbocycles. The lowest BCUT2D eigenvalue weighted by atomic mass is 9.77. The molecule has 0 bridgehead atoms. The minimum Gasteiger partial charge on any atom is -0.356 e. The van der Waals surface area contributed by atoms with Gasteiger partial charge in [-0.3, -0.25) is 4.79 Å². The topological polar surface area (TPSA) is 39.3 Å². The fourth-order valence-corrected chi connectivity index (χ4v) is 5.97. The summed E-state index contributed by atoms with van der Waals surface area (Å²) in [5, 5.41) is 1.17. The van der Waals surface area contributed by atoms with Gasteiger partial charge in [0.2, 0.25) is 0 Å². The number of halogens is 3. The van der Waals surface area contributed by atoms with Crippen molar-refractivity contribution < 1.29 is 18.0 Å². The van der Waals surface area contributed by atoms with Crippen LogP contribution in [0.3, 0.4) is 0 Å². The highest BCUT2D eigenvalue weighted by atomic mass is 19.4. The lowest BCUT2D eigenvalue weighted by molar-refractivity contribution is -0.137. The summed E-state index contributed by atoms with van der Waals surface area (Å²) in [7, 11) is 4.04. The summed E-state index contributed by atoms with van der Waals surface area (Å²) in [6, 6.07) is 23.2. The van der Waals surface area contributed by atoms with E-state index in [0.29, 0.717) is 19.4 Å². The molecular formula is C32H34F3N3O. The van der Waals surface area contributed by atoms with Crippen molar-refractivity contribution >= 4 is 16.8 Å². The number of aromatic amines is 1. The molecule has 3 aromatic carbocycles. The number of para-hydroxylation sites is 1. The number of hydrogen-bond donors (Lipinski definition) is 1. The van der Waals surface area contributed by atoms with E-state index in [9.17, 15) is 18.0 Å². The molecule has 1 aromatic heterocycles. The second-order valence-corrected chi connectivity index (χ2v) is 10.7. The Balaban J connectivity index is 1.57. The molecule has 0 spiro atoms. The number of H-pyrrole nitrogens is 1. The fraction of sp³-hybridized carbons (Fsp3) is 0.344. The molecule has 1 aliphatic rings. The van der Waals surface area contributed by atoms with Crippen LogP contribution in [0.4, 0.5) is 13.2 Å². The Morgan fingerprint density at radius 3 is 2.33 bits per heavy atom. The number of nitrogens with zero attached hydrogens (tertiary/aromatic N) is 2. The van der Waals surface area contributed by atoms with Crippen molar-refractivity contribution in [3.63, 3.8) is 0 Å². The first-order valence-electron chi connectivity index (χ1n) is 13.5. The van der Waals surface area contributed by atoms with Crippen molar-refractivity contribution in [2.24, 2.45) is 0 Å². The average Bonchev–Trinajstić information content (AvgIpc) is 3.32. The Morgan fingerprint density at radius 2 is 1.64 bits per heavy atom. The number of aryl methyl sites for hydroxylation is 1. The van der Waals surface area contributed by atoms with Crippen LogP contribution in [0.15, 0.2) is 78.9 Å². The highest BCUT2D eigenvalue weighted by Crippen LogP contribution is 2.45. The van der Waals surface area contributed by atoms with Crippen LogP contribution in [0, 0.1) is 0 Å². The number of amides is 1. The summed E-state index contributed by atoms with van der Waals surface area (Å²) in [6.45, 7) is 1.27. The number of carbonyl (C=O) groups is 1. The monoisotopic (exact) mass is 533 g/mol. The van der Waals surface area contributed by atoms with E-state index in [-0.39, 0.29) is 11.5 Å². The number of alkyl halides is 3. The van der Waals surface area contributed by atoms with Gasteiger partial charge in [-0.15, -0.1) is 0 Å². The van der Waals surface area contributed by atoms with Crippen molar-refractivity contribution in [1.82, 2.24) is 14.8 Å². The number of fused-ring (bicyclic) bond motifs is 3. The average molecular weight is 534 g/mol. The van der Waals surface area contributed by atoms with E-state index in [1.165, 1.54) is 28.6 Å². The number of carbonyl (C=O) groups excluding carboxylic acids is 1. The maximum absolute atomic E-state index is 14.1. The molecule has 0 fully saturated rings. The van der Waals surface area contributed by atoms with Crippen LogP contribution in [0.2, 0.25) is 0 Å². The van der Waals surface area contributed by atoms with Crippen LogP contribution >= 0.6 is 0 Å². The number of benzene rings is 3. The van der Waals surface area contributed by atoms with Crippen LogP contribution in [0.5, 0.6) is 0 Å². The highest BCUT2D eigenvalue weighted by molar-refractivity contribution is 5.96. The van der Waals surface area contributed by atoms with Crippen LogP contribution < -0.4 is 0 Å². The summed E-state index contributed by atoms with van der Waals surface area (Å²) in [6.07, 6.45) is -0.568. The quantitative estimate of drug-likeness (QED) is 0.264. The van der Waals surface area contributed by atoms with Crippen LogP contribution in [0.25, 0.3) is 10.9 Å². The van der Waals surface area contributed by atoms with E-state index in [2.05, 4.69) is 34.1 Å². The van der Waals surface area contributed by atoms with Gasteiger partial charge in [-0.05, 0) is 87.7 Å². The van der Waals surface area contributed by atoms with Gasteiger partial charge in [-0.1, -0.05) is 48.5 Å². The molecule has 0 saturated carbocycles. The zero-order valence-corrected chi connectivity index (χ0v) is 22.4. The number of hydrogen-bond acceptors (Lipinski definition) is 2. The number of rotatable bonds is 8. The molecule has 1 atom stereocenters. The van der Waals surface area contributed by atoms with Gasteiger partial charge < -0.3 is 14.8 Å². The Morgan fingerprint density at radius 1 is 0.949 bits per heavy atom. The first-order chi connectivity index (χ1) is 18.7. The highest BCUT2D eigenvalue weighted by Gasteiger charge is 2.46. The molecule has 4 aromatic rings. The molecule has 0 radical (unpaired) electrons. The van der Waals surface area contributed by atoms with E-state index in [1.54, 1.807) is 0 Å². The Hall–Kier alpha value is -3.58. The Bertz CT molecular complexity index is 1430. The summed E-state index contributed by atoms with van der Waals surface area (Å²) >= 11 is 0. The lowest BCUT2D eigenvalue weighted by Gasteiger charge is -2.48. The summed E-state index contributed by atoms with van der Waals surface area (Å²) in [5.74, 6) is -0.230. The van der Waals surface area contributed by atoms with Crippen molar-refractivity contribution in [2.75, 3.05) is 27.2 Å². The first-order valence-corrected chi connectivity index (χ1v) is 13.5. The third kappa shape index (κ3) is 5.46. The summed E-state index contributed by atoms with van der Waals surface area (Å²) < 4.78 is 39.6. The molecule has 39 heavy (non-hydrogen) atoms. The zero-order chi connectivity index (χ0) is 27.6. The van der Waals surface area contributed by atoms with E-state index >= 15 is 0 Å². The van der Waals surface area contributed by atoms with E-state index in [1.807, 2.05) is 49.3 Å². The SMILES string of the molecule is CN(C)CCC1(CCCc2ccccc2)c2[nH]c3ccccc3c2CCN1C(=O)c1ccc(C(F)(F)F)cc1. The molecule has 0 saturated heterocycles. The molecular weight excluding hydrogens is 499 g/mol. The maximum Gasteiger partial charge on any atom is 0.416 e. The number of aromatic nitrogens is 1. The van der Waals surface area contributed by atoms with E-state index in [4.69, 9.17) is 0 Å². The summed E-state index contributed by atoms with van der Waals surface area (Å²) in [4.78, 5) is 21.8. The van der Waals surface area contributed by atoms with E-state index < -0.39 is 17.3 Å². The first kappa shape index (κ1) is 27.0. The molecule has 5 rings (SSSR count). The molecule has 2 heterocycles. The van der Waals surface area contributed by atoms with Crippen molar-refractivity contribution in [3.05, 3.63) is 107 Å². The van der Waals surface area contributed by atoms with Gasteiger partial charge in [0.1, 0.15) is 0 Å². The largest absolute Gasteiger partial charge is 0.416 e. The third-order valence-corrected chi connectivity index (χ3v) is 7.96. The molecule has 4 nitrogen and oxygen atoms in total. The molecule has 204 valence electrons. The standard InChI is InChI=1S/C32H34F3N3O/c1-37(2)22-20-31(19-8-11-23-9-4-3-5-10-23)29-27(26-12-6-7-13-28(26)36-29)18-21-38(31)30(39)24-14-16-25(17-15-24)32(33,34)35/h3-7,9-10,12-17,36H,8,11,18-22H2,1-2H3. The lowest BCUT2D eigenvalue weighted by Crippen LogP contribution is -2.54. The van der Waals surface area contributed by atoms with Gasteiger partial charge in [0.15, 0.2) is 0 Å². The Kier molecular flexibility index (Phi) is 7.54. The number of nitrogens with one attached hydrogen (secondary N) is 1. The second-order valence-electron chi connectivity index (χ2n) is 10.7. The molecule has 1 unspecified atom stereocenters. The smallest absolute Gasteiger partial charge is 0.356 e. The minimum absolute atomic E-state index is 0.230. The minimum atomic E-state index is -4.45. The molecule has 1 N–H and O–H groups in total. The molecule has 1 amide bonds. The fourth-order valence-electron chi connectivity index (χ4n) is 5.97. The van der Waals surface area contributed by atoms with Crippen molar-refractivity contribution in [2.45, 2.75) is 43.8 Å². The van der Waals surface area contributed by atoms with Crippen LogP contribution in [-0.2, 0) is 24.6 Å². The van der Waals surface area contributed by atoms with Crippen molar-refractivity contribution in [1.29, 1.82) is 0 Å². The summed E-state index contributed by atoms with van der Waals surface area (Å²) in [5.41, 5.74) is 3.49. The maximum atomic E-state index is 14.1. The zero-order valence-electron chi connectivity index (χ0n) is 22.4. The predicted molar refractivity (Wildman–Crippen MR) is 149 cm³/mol. The Labute approximate surface area is 227 Å². The van der Waals surface area contributed by atoms with Crippen LogP contribution in [0.1, 0.15) is 52.0 Å². The van der Waals surface area contributed by atoms with Gasteiger partial charge in [-0.25, -0.2) is 0 Å². The van der Waals surface area contributed by atoms with Crippen LogP contribution in [-0.4, -0.2) is 47.9 Å². The van der Waals surface area contributed by atoms with Crippen molar-refractivity contribution in [3.8, 4) is 0 Å². The molecule has 1 aliphatic heterocycles. The van der Waals surface area contributed by atoms with Gasteiger partial charge in [0.25, 0.3) is 5.91 Å². The van der Waals surface area contributed by atoms with Gasteiger partial charge in [-0.2, -0.15) is 13.2 Å². The van der Waals surface area contributed by atoms with Gasteiger partial charge >= 0.3 is 6.18 Å². The van der Waals surface area contributed by atoms with Gasteiger partial charge in [0, 0.05) is 35.2 Å². The predicted octanol–water partition coefficient (Wildman–Crippen LogP) is 7.06. The third-order valence-electron chi connectivity index (χ3n) is 7.96.